The Bertz CT molecular complexity index is 1920. The van der Waals surface area contributed by atoms with E-state index in [1.54, 1.807) is 18.2 Å². The molecule has 0 aliphatic heterocycles. The number of nitrogens with zero attached hydrogens (tertiary/aromatic N) is 7. The fourth-order valence-electron chi connectivity index (χ4n) is 4.50. The fraction of sp³-hybridized carbons (Fsp3) is 0.300. The number of H-pyrrole nitrogens is 2. The quantitative estimate of drug-likeness (QED) is 0.0782. The molecule has 226 valence electrons. The number of azo groups is 1. The van der Waals surface area contributed by atoms with Gasteiger partial charge in [-0.1, -0.05) is 75.7 Å². The van der Waals surface area contributed by atoms with Crippen LogP contribution in [-0.4, -0.2) is 36.0 Å². The maximum atomic E-state index is 12.6. The predicted molar refractivity (Wildman–Crippen MR) is 179 cm³/mol. The number of nitrogens with one attached hydrogen (secondary N) is 4. The number of amides is 2. The standard InChI is InChI=1S/C30H31ClIN11O/c1-29(2,3)23-21(15-33)26(40-38-23)39-37-22-24(30(4,5)6)41-43-27(22)36-25(42-43)17-7-9-19(10-8-17)34-28(44)35-20-12-16(14-32)11-18(31)13-20/h7-13H,14H2,1-6H3,(H,36,42)(H,38,40)(H2,34,35,44). The van der Waals surface area contributed by atoms with Gasteiger partial charge in [0, 0.05) is 37.2 Å². The van der Waals surface area contributed by atoms with Crippen molar-refractivity contribution in [2.45, 2.75) is 56.8 Å². The summed E-state index contributed by atoms with van der Waals surface area (Å²) < 4.78 is 2.28. The SMILES string of the molecule is CC(C)(C)c1n[nH]c(N=Nc2c(C(C)(C)C)nn3nc(-c4ccc(NC(=O)Nc5cc(Cl)cc(CI)c5)cc4)[nH]c23)c1C#N. The van der Waals surface area contributed by atoms with E-state index >= 15 is 0 Å². The highest BCUT2D eigenvalue weighted by Gasteiger charge is 2.28. The second kappa shape index (κ2) is 12.0. The van der Waals surface area contributed by atoms with Crippen LogP contribution in [0.25, 0.3) is 17.0 Å². The monoisotopic (exact) mass is 723 g/mol. The van der Waals surface area contributed by atoms with E-state index < -0.39 is 0 Å². The van der Waals surface area contributed by atoms with Gasteiger partial charge in [0.15, 0.2) is 23.0 Å². The number of nitriles is 1. The Labute approximate surface area is 272 Å². The van der Waals surface area contributed by atoms with E-state index in [0.29, 0.717) is 50.5 Å². The number of carbonyl (C=O) groups excluding carboxylic acids is 1. The molecule has 2 amide bonds. The Hall–Kier alpha value is -4.29. The van der Waals surface area contributed by atoms with Gasteiger partial charge in [0.1, 0.15) is 11.6 Å². The lowest BCUT2D eigenvalue weighted by Crippen LogP contribution is -2.19. The molecule has 44 heavy (non-hydrogen) atoms. The molecule has 0 saturated heterocycles. The van der Waals surface area contributed by atoms with E-state index in [1.807, 2.05) is 65.8 Å². The van der Waals surface area contributed by atoms with Crippen LogP contribution in [0.15, 0.2) is 52.7 Å². The van der Waals surface area contributed by atoms with Crippen molar-refractivity contribution in [3.63, 3.8) is 0 Å². The van der Waals surface area contributed by atoms with Crippen LogP contribution in [0.4, 0.5) is 27.7 Å². The molecule has 0 aliphatic rings. The van der Waals surface area contributed by atoms with Gasteiger partial charge < -0.3 is 15.6 Å². The molecule has 5 rings (SSSR count). The summed E-state index contributed by atoms with van der Waals surface area (Å²) in [7, 11) is 0. The lowest BCUT2D eigenvalue weighted by atomic mass is 9.90. The van der Waals surface area contributed by atoms with Crippen LogP contribution in [0.3, 0.4) is 0 Å². The molecular formula is C30H31ClIN11O. The molecule has 0 bridgehead atoms. The third-order valence-electron chi connectivity index (χ3n) is 6.59. The predicted octanol–water partition coefficient (Wildman–Crippen LogP) is 8.56. The van der Waals surface area contributed by atoms with E-state index in [0.717, 1.165) is 15.6 Å². The highest BCUT2D eigenvalue weighted by atomic mass is 127. The summed E-state index contributed by atoms with van der Waals surface area (Å²) in [5.74, 6) is 0.837. The molecule has 0 radical (unpaired) electrons. The van der Waals surface area contributed by atoms with Crippen molar-refractivity contribution < 1.29 is 4.79 Å². The Morgan fingerprint density at radius 2 is 1.68 bits per heavy atom. The Morgan fingerprint density at radius 3 is 2.32 bits per heavy atom. The van der Waals surface area contributed by atoms with Crippen molar-refractivity contribution in [3.05, 3.63) is 70.0 Å². The van der Waals surface area contributed by atoms with E-state index in [-0.39, 0.29) is 22.7 Å². The largest absolute Gasteiger partial charge is 0.323 e. The van der Waals surface area contributed by atoms with Crippen molar-refractivity contribution in [2.24, 2.45) is 10.2 Å². The first-order chi connectivity index (χ1) is 20.8. The normalized spacial score (nSPS) is 12.2. The summed E-state index contributed by atoms with van der Waals surface area (Å²) in [4.78, 5) is 15.9. The number of hydrogen-bond acceptors (Lipinski definition) is 7. The number of alkyl halides is 1. The number of fused-ring (bicyclic) bond motifs is 1. The first-order valence-electron chi connectivity index (χ1n) is 13.7. The average Bonchev–Trinajstić information content (AvgIpc) is 3.64. The number of rotatable bonds is 6. The van der Waals surface area contributed by atoms with Crippen molar-refractivity contribution in [1.82, 2.24) is 30.0 Å². The lowest BCUT2D eigenvalue weighted by molar-refractivity contribution is 0.262. The first kappa shape index (κ1) is 31.1. The summed E-state index contributed by atoms with van der Waals surface area (Å²) in [5, 5.41) is 41.4. The topological polar surface area (TPSA) is 164 Å². The molecule has 4 N–H and O–H groups in total. The molecule has 3 heterocycles. The molecule has 0 unspecified atom stereocenters. The number of benzene rings is 2. The van der Waals surface area contributed by atoms with Crippen LogP contribution < -0.4 is 10.6 Å². The average molecular weight is 724 g/mol. The van der Waals surface area contributed by atoms with E-state index in [4.69, 9.17) is 16.7 Å². The molecule has 0 fully saturated rings. The number of halogens is 2. The molecule has 2 aromatic carbocycles. The molecule has 0 atom stereocenters. The summed E-state index contributed by atoms with van der Waals surface area (Å²) in [6.07, 6.45) is 0. The van der Waals surface area contributed by atoms with Crippen LogP contribution in [0.1, 0.15) is 64.1 Å². The number of carbonyl (C=O) groups is 1. The van der Waals surface area contributed by atoms with E-state index in [9.17, 15) is 10.1 Å². The minimum absolute atomic E-state index is 0.282. The third kappa shape index (κ3) is 6.61. The maximum Gasteiger partial charge on any atom is 0.323 e. The smallest absolute Gasteiger partial charge is 0.320 e. The summed E-state index contributed by atoms with van der Waals surface area (Å²) in [6.45, 7) is 12.0. The highest BCUT2D eigenvalue weighted by Crippen LogP contribution is 2.36. The minimum atomic E-state index is -0.382. The number of anilines is 2. The van der Waals surface area contributed by atoms with Crippen LogP contribution in [-0.2, 0) is 15.3 Å². The molecular weight excluding hydrogens is 693 g/mol. The van der Waals surface area contributed by atoms with Crippen molar-refractivity contribution >= 4 is 68.8 Å². The Balaban J connectivity index is 1.39. The van der Waals surface area contributed by atoms with Crippen LogP contribution in [0, 0.1) is 11.3 Å². The van der Waals surface area contributed by atoms with Gasteiger partial charge in [-0.3, -0.25) is 5.10 Å². The van der Waals surface area contributed by atoms with Crippen LogP contribution in [0.2, 0.25) is 5.02 Å². The van der Waals surface area contributed by atoms with E-state index in [1.165, 1.54) is 4.63 Å². The molecule has 0 aliphatic carbocycles. The number of aromatic nitrogens is 6. The minimum Gasteiger partial charge on any atom is -0.320 e. The van der Waals surface area contributed by atoms with Gasteiger partial charge in [0.05, 0.1) is 11.4 Å². The Morgan fingerprint density at radius 1 is 1.00 bits per heavy atom. The number of urea groups is 1. The Kier molecular flexibility index (Phi) is 8.50. The van der Waals surface area contributed by atoms with Gasteiger partial charge >= 0.3 is 6.03 Å². The molecule has 5 aromatic rings. The lowest BCUT2D eigenvalue weighted by Gasteiger charge is -2.15. The summed E-state index contributed by atoms with van der Waals surface area (Å²) >= 11 is 8.41. The molecule has 14 heteroatoms. The molecule has 0 spiro atoms. The molecule has 3 aromatic heterocycles. The third-order valence-corrected chi connectivity index (χ3v) is 7.69. The van der Waals surface area contributed by atoms with Crippen molar-refractivity contribution in [1.29, 1.82) is 5.26 Å². The van der Waals surface area contributed by atoms with Gasteiger partial charge in [0.25, 0.3) is 0 Å². The number of aromatic amines is 2. The first-order valence-corrected chi connectivity index (χ1v) is 15.6. The zero-order chi connectivity index (χ0) is 31.8. The van der Waals surface area contributed by atoms with Gasteiger partial charge in [-0.05, 0) is 48.0 Å². The maximum absolute atomic E-state index is 12.6. The molecule has 12 nitrogen and oxygen atoms in total. The van der Waals surface area contributed by atoms with Gasteiger partial charge in [-0.15, -0.1) is 20.0 Å². The van der Waals surface area contributed by atoms with Crippen LogP contribution in [0.5, 0.6) is 0 Å². The fourth-order valence-corrected chi connectivity index (χ4v) is 5.20. The zero-order valence-electron chi connectivity index (χ0n) is 25.0. The second-order valence-electron chi connectivity index (χ2n) is 12.3. The van der Waals surface area contributed by atoms with Crippen LogP contribution >= 0.6 is 34.2 Å². The summed E-state index contributed by atoms with van der Waals surface area (Å²) in [5.41, 5.74) is 5.05. The van der Waals surface area contributed by atoms with Gasteiger partial charge in [0.2, 0.25) is 0 Å². The van der Waals surface area contributed by atoms with Crippen molar-refractivity contribution in [2.75, 3.05) is 10.6 Å². The van der Waals surface area contributed by atoms with Gasteiger partial charge in [-0.25, -0.2) is 4.79 Å². The molecule has 0 saturated carbocycles. The number of hydrogen-bond donors (Lipinski definition) is 4. The zero-order valence-corrected chi connectivity index (χ0v) is 28.0. The van der Waals surface area contributed by atoms with Crippen molar-refractivity contribution in [3.8, 4) is 17.5 Å². The van der Waals surface area contributed by atoms with Gasteiger partial charge in [-0.2, -0.15) is 15.5 Å². The van der Waals surface area contributed by atoms with E-state index in [2.05, 4.69) is 69.8 Å². The second-order valence-corrected chi connectivity index (χ2v) is 13.5. The highest BCUT2D eigenvalue weighted by molar-refractivity contribution is 14.1. The summed E-state index contributed by atoms with van der Waals surface area (Å²) in [6, 6.07) is 14.5.